The van der Waals surface area contributed by atoms with Crippen LogP contribution in [0.3, 0.4) is 0 Å². The molecule has 0 heterocycles. The van der Waals surface area contributed by atoms with Gasteiger partial charge >= 0.3 is 0 Å². The number of hydrogen-bond donors (Lipinski definition) is 1. The molecule has 40 valence electrons. The van der Waals surface area contributed by atoms with Gasteiger partial charge in [0.05, 0.1) is 0 Å². The minimum absolute atomic E-state index is 0.0625. The van der Waals surface area contributed by atoms with Crippen molar-refractivity contribution >= 4 is 5.91 Å². The van der Waals surface area contributed by atoms with E-state index in [4.69, 9.17) is 0 Å². The van der Waals surface area contributed by atoms with Gasteiger partial charge in [0.1, 0.15) is 0 Å². The van der Waals surface area contributed by atoms with Gasteiger partial charge in [-0.15, -0.1) is 0 Å². The summed E-state index contributed by atoms with van der Waals surface area (Å²) in [6.07, 6.45) is 0. The number of amides is 1. The van der Waals surface area contributed by atoms with Gasteiger partial charge in [-0.1, -0.05) is 6.58 Å². The van der Waals surface area contributed by atoms with Crippen LogP contribution in [0.25, 0.3) is 0 Å². The minimum Gasteiger partial charge on any atom is -0.331 e. The third-order valence-corrected chi connectivity index (χ3v) is 0.389. The zero-order valence-corrected chi connectivity index (χ0v) is 4.62. The Balaban J connectivity index is 3.32. The van der Waals surface area contributed by atoms with Crippen LogP contribution in [-0.2, 0) is 4.79 Å². The van der Waals surface area contributed by atoms with Crippen LogP contribution in [0.1, 0.15) is 13.8 Å². The Hall–Kier alpha value is -0.790. The molecule has 0 aromatic heterocycles. The first kappa shape index (κ1) is 6.21. The average molecular weight is 101 g/mol. The van der Waals surface area contributed by atoms with E-state index in [0.717, 1.165) is 0 Å². The smallest absolute Gasteiger partial charge is 0.220 e. The fourth-order valence-electron chi connectivity index (χ4n) is 0.301. The first-order valence-corrected chi connectivity index (χ1v) is 2.06. The van der Waals surface area contributed by atoms with E-state index in [9.17, 15) is 4.79 Å². The molecule has 0 aliphatic heterocycles. The molecule has 1 N–H and O–H groups in total. The van der Waals surface area contributed by atoms with Gasteiger partial charge in [-0.2, -0.15) is 0 Å². The molecule has 0 unspecified atom stereocenters. The topological polar surface area (TPSA) is 29.1 Å². The molecule has 2 nitrogen and oxygen atoms in total. The first-order chi connectivity index (χ1) is 3.13. The Bertz CT molecular complexity index is 84.3. The third-order valence-electron chi connectivity index (χ3n) is 0.389. The molecule has 0 radical (unpaired) electrons. The lowest BCUT2D eigenvalue weighted by atomic mass is 10.6. The van der Waals surface area contributed by atoms with Crippen molar-refractivity contribution in [2.24, 2.45) is 0 Å². The lowest BCUT2D eigenvalue weighted by Crippen LogP contribution is -2.15. The second-order valence-corrected chi connectivity index (χ2v) is 1.46. The van der Waals surface area contributed by atoms with Gasteiger partial charge in [0.2, 0.25) is 5.91 Å². The van der Waals surface area contributed by atoms with Crippen LogP contribution in [0.5, 0.6) is 0 Å². The zero-order valence-electron chi connectivity index (χ0n) is 4.62. The fraction of sp³-hybridized carbons (Fsp3) is 0.400. The van der Waals surface area contributed by atoms with E-state index in [0.29, 0.717) is 5.70 Å². The maximum Gasteiger partial charge on any atom is 0.220 e. The van der Waals surface area contributed by atoms with Gasteiger partial charge in [-0.25, -0.2) is 0 Å². The Kier molecular flexibility index (Phi) is 2.12. The van der Waals surface area contributed by atoms with E-state index in [2.05, 4.69) is 11.9 Å². The number of nitrogens with one attached hydrogen (secondary N) is 1. The average Bonchev–Trinajstić information content (AvgIpc) is 1.27. The number of carbonyl (C=O) groups excluding carboxylic acids is 1. The van der Waals surface area contributed by atoms with Crippen molar-refractivity contribution in [2.45, 2.75) is 13.8 Å². The number of hydrogen-bond acceptors (Lipinski definition) is 1. The fourth-order valence-corrected chi connectivity index (χ4v) is 0.301. The van der Waals surface area contributed by atoms with Crippen LogP contribution in [-0.4, -0.2) is 5.91 Å². The summed E-state index contributed by atoms with van der Waals surface area (Å²) in [5.41, 5.74) is 0.688. The maximum atomic E-state index is 10.1. The Morgan fingerprint density at radius 2 is 2.29 bits per heavy atom. The van der Waals surface area contributed by atoms with Gasteiger partial charge in [-0.3, -0.25) is 4.79 Å². The van der Waals surface area contributed by atoms with Crippen LogP contribution >= 0.6 is 0 Å². The highest BCUT2D eigenvalue weighted by molar-refractivity contribution is 5.74. The van der Waals surface area contributed by atoms with Crippen molar-refractivity contribution < 1.29 is 4.79 Å². The Morgan fingerprint density at radius 1 is 1.86 bits per heavy atom. The van der Waals surface area contributed by atoms with Gasteiger partial charge in [0.25, 0.3) is 0 Å². The highest BCUT2D eigenvalue weighted by atomic mass is 16.3. The first-order valence-electron chi connectivity index (χ1n) is 2.06. The molecule has 0 aromatic rings. The Morgan fingerprint density at radius 3 is 2.29 bits per heavy atom. The zero-order chi connectivity index (χ0) is 5.86. The predicted octanol–water partition coefficient (Wildman–Crippen LogP) is 0.656. The molecule has 0 saturated carbocycles. The largest absolute Gasteiger partial charge is 0.331 e. The van der Waals surface area contributed by atoms with E-state index in [1.54, 1.807) is 6.92 Å². The van der Waals surface area contributed by atoms with Crippen LogP contribution in [0.15, 0.2) is 12.3 Å². The van der Waals surface area contributed by atoms with Crippen molar-refractivity contribution in [3.05, 3.63) is 12.3 Å². The van der Waals surface area contributed by atoms with E-state index >= 15 is 0 Å². The molecule has 0 bridgehead atoms. The normalized spacial score (nSPS) is 7.71. The molecule has 1 amide bonds. The summed E-state index contributed by atoms with van der Waals surface area (Å²) in [5.74, 6) is -0.0625. The van der Waals surface area contributed by atoms with E-state index < -0.39 is 0 Å². The van der Waals surface area contributed by atoms with Gasteiger partial charge in [0.15, 0.2) is 0 Å². The predicted molar refractivity (Wildman–Crippen MR) is 28.6 cm³/mol. The van der Waals surface area contributed by atoms with Crippen LogP contribution < -0.4 is 5.32 Å². The second kappa shape index (κ2) is 2.39. The quantitative estimate of drug-likeness (QED) is 0.516. The molecule has 7 heavy (non-hydrogen) atoms. The molecule has 0 aromatic carbocycles. The summed E-state index contributed by atoms with van der Waals surface area (Å²) in [4.78, 5) is 10.1. The van der Waals surface area contributed by atoms with Crippen molar-refractivity contribution in [1.82, 2.24) is 5.32 Å². The number of allylic oxidation sites excluding steroid dienone is 1. The van der Waals surface area contributed by atoms with Crippen molar-refractivity contribution in [3.8, 4) is 0 Å². The standard InChI is InChI=1S/C5H9NO/c1-4(2)6-5(3)7/h1H2,2-3H3,(H,6,7)/i5+2. The monoisotopic (exact) mass is 101 g/mol. The number of carbonyl (C=O) groups is 1. The summed E-state index contributed by atoms with van der Waals surface area (Å²) in [5, 5.41) is 2.47. The van der Waals surface area contributed by atoms with Crippen molar-refractivity contribution in [2.75, 3.05) is 0 Å². The van der Waals surface area contributed by atoms with Crippen LogP contribution in [0.2, 0.25) is 0 Å². The van der Waals surface area contributed by atoms with E-state index in [1.807, 2.05) is 0 Å². The summed E-state index contributed by atoms with van der Waals surface area (Å²) in [7, 11) is 0. The minimum atomic E-state index is -0.0625. The molecule has 2 heteroatoms. The molecule has 0 spiro atoms. The summed E-state index contributed by atoms with van der Waals surface area (Å²) in [6, 6.07) is 0. The molecule has 0 fully saturated rings. The molecular formula is C5H9NO. The SMILES string of the molecule is C=C(C)N[14C](C)=O. The van der Waals surface area contributed by atoms with E-state index in [-0.39, 0.29) is 5.91 Å². The van der Waals surface area contributed by atoms with Crippen LogP contribution in [0.4, 0.5) is 0 Å². The third kappa shape index (κ3) is 5.21. The molecule has 0 aliphatic carbocycles. The summed E-state index contributed by atoms with van der Waals surface area (Å²) < 4.78 is 0. The van der Waals surface area contributed by atoms with Gasteiger partial charge < -0.3 is 5.32 Å². The van der Waals surface area contributed by atoms with Crippen LogP contribution in [0, 0.1) is 0 Å². The lowest BCUT2D eigenvalue weighted by molar-refractivity contribution is -0.118. The molecule has 0 aliphatic rings. The lowest BCUT2D eigenvalue weighted by Gasteiger charge is -1.94. The number of rotatable bonds is 1. The molecule has 0 saturated heterocycles. The van der Waals surface area contributed by atoms with Gasteiger partial charge in [-0.05, 0) is 6.92 Å². The summed E-state index contributed by atoms with van der Waals surface area (Å²) in [6.45, 7) is 6.65. The van der Waals surface area contributed by atoms with E-state index in [1.165, 1.54) is 6.92 Å². The molecule has 0 rings (SSSR count). The van der Waals surface area contributed by atoms with Gasteiger partial charge in [0, 0.05) is 12.6 Å². The Labute approximate surface area is 43.2 Å². The molecule has 0 atom stereocenters. The highest BCUT2D eigenvalue weighted by Gasteiger charge is 1.84. The highest BCUT2D eigenvalue weighted by Crippen LogP contribution is 1.74. The van der Waals surface area contributed by atoms with Crippen molar-refractivity contribution in [3.63, 3.8) is 0 Å². The van der Waals surface area contributed by atoms with Crippen molar-refractivity contribution in [1.29, 1.82) is 0 Å². The summed E-state index contributed by atoms with van der Waals surface area (Å²) >= 11 is 0. The molecular weight excluding hydrogens is 92.1 g/mol. The maximum absolute atomic E-state index is 10.1. The second-order valence-electron chi connectivity index (χ2n) is 1.46.